The van der Waals surface area contributed by atoms with Gasteiger partial charge in [-0.3, -0.25) is 0 Å². The van der Waals surface area contributed by atoms with Gasteiger partial charge in [-0.15, -0.1) is 0 Å². The highest BCUT2D eigenvalue weighted by Gasteiger charge is 2.24. The van der Waals surface area contributed by atoms with Gasteiger partial charge in [-0.1, -0.05) is 0 Å². The molecule has 0 radical (unpaired) electrons. The Morgan fingerprint density at radius 1 is 1.29 bits per heavy atom. The Kier molecular flexibility index (Phi) is 4.00. The zero-order valence-corrected chi connectivity index (χ0v) is 10.4. The molecule has 0 spiro atoms. The molecule has 17 heavy (non-hydrogen) atoms. The lowest BCUT2D eigenvalue weighted by molar-refractivity contribution is 0.375. The van der Waals surface area contributed by atoms with E-state index in [1.54, 1.807) is 0 Å². The first-order valence-electron chi connectivity index (χ1n) is 6.48. The van der Waals surface area contributed by atoms with Crippen molar-refractivity contribution >= 4 is 5.69 Å². The highest BCUT2D eigenvalue weighted by atomic mass is 19.1. The summed E-state index contributed by atoms with van der Waals surface area (Å²) in [5.74, 6) is -0.176. The average Bonchev–Trinajstić information content (AvgIpc) is 2.33. The Balaban J connectivity index is 2.12. The molecule has 0 aromatic heterocycles. The molecule has 0 heterocycles. The second kappa shape index (κ2) is 5.50. The van der Waals surface area contributed by atoms with Gasteiger partial charge in [-0.05, 0) is 56.9 Å². The number of hydrogen-bond acceptors (Lipinski definition) is 2. The minimum Gasteiger partial charge on any atom is -0.369 e. The van der Waals surface area contributed by atoms with Gasteiger partial charge in [0.25, 0.3) is 0 Å². The third-order valence-corrected chi connectivity index (χ3v) is 3.63. The summed E-state index contributed by atoms with van der Waals surface area (Å²) < 4.78 is 12.9. The van der Waals surface area contributed by atoms with Crippen LogP contribution in [0.15, 0.2) is 24.3 Å². The lowest BCUT2D eigenvalue weighted by Gasteiger charge is -2.37. The number of nitrogens with two attached hydrogens (primary N) is 1. The molecular weight excluding hydrogens is 215 g/mol. The first kappa shape index (κ1) is 12.4. The van der Waals surface area contributed by atoms with Crippen LogP contribution in [0.4, 0.5) is 10.1 Å². The molecule has 0 saturated heterocycles. The van der Waals surface area contributed by atoms with Gasteiger partial charge in [0.05, 0.1) is 0 Å². The van der Waals surface area contributed by atoms with Crippen molar-refractivity contribution in [3.05, 3.63) is 30.1 Å². The SMILES string of the molecule is CCN(c1ccc(F)cc1)C1CCCC(N)C1. The van der Waals surface area contributed by atoms with E-state index in [1.807, 2.05) is 12.1 Å². The molecule has 2 nitrogen and oxygen atoms in total. The van der Waals surface area contributed by atoms with Crippen LogP contribution in [0.5, 0.6) is 0 Å². The molecule has 3 heteroatoms. The van der Waals surface area contributed by atoms with E-state index in [9.17, 15) is 4.39 Å². The number of rotatable bonds is 3. The van der Waals surface area contributed by atoms with Crippen molar-refractivity contribution in [3.8, 4) is 0 Å². The smallest absolute Gasteiger partial charge is 0.123 e. The highest BCUT2D eigenvalue weighted by Crippen LogP contribution is 2.26. The molecule has 2 unspecified atom stereocenters. The zero-order chi connectivity index (χ0) is 12.3. The van der Waals surface area contributed by atoms with Gasteiger partial charge < -0.3 is 10.6 Å². The van der Waals surface area contributed by atoms with Crippen molar-refractivity contribution < 1.29 is 4.39 Å². The summed E-state index contributed by atoms with van der Waals surface area (Å²) in [7, 11) is 0. The quantitative estimate of drug-likeness (QED) is 0.874. The maximum absolute atomic E-state index is 12.9. The minimum atomic E-state index is -0.176. The summed E-state index contributed by atoms with van der Waals surface area (Å²) in [4.78, 5) is 2.35. The number of halogens is 1. The Morgan fingerprint density at radius 2 is 2.00 bits per heavy atom. The fourth-order valence-electron chi connectivity index (χ4n) is 2.77. The van der Waals surface area contributed by atoms with E-state index >= 15 is 0 Å². The summed E-state index contributed by atoms with van der Waals surface area (Å²) >= 11 is 0. The van der Waals surface area contributed by atoms with Crippen LogP contribution in [0.2, 0.25) is 0 Å². The third-order valence-electron chi connectivity index (χ3n) is 3.63. The fraction of sp³-hybridized carbons (Fsp3) is 0.571. The summed E-state index contributed by atoms with van der Waals surface area (Å²) in [5.41, 5.74) is 7.14. The maximum atomic E-state index is 12.9. The van der Waals surface area contributed by atoms with Gasteiger partial charge >= 0.3 is 0 Å². The van der Waals surface area contributed by atoms with E-state index in [4.69, 9.17) is 5.73 Å². The van der Waals surface area contributed by atoms with Gasteiger partial charge in [0.15, 0.2) is 0 Å². The molecule has 1 aromatic rings. The monoisotopic (exact) mass is 236 g/mol. The molecular formula is C14H21FN2. The first-order chi connectivity index (χ1) is 8.20. The normalized spacial score (nSPS) is 24.6. The van der Waals surface area contributed by atoms with Gasteiger partial charge in [-0.2, -0.15) is 0 Å². The topological polar surface area (TPSA) is 29.3 Å². The van der Waals surface area contributed by atoms with Crippen molar-refractivity contribution in [1.29, 1.82) is 0 Å². The van der Waals surface area contributed by atoms with E-state index in [1.165, 1.54) is 25.0 Å². The van der Waals surface area contributed by atoms with Crippen LogP contribution in [0.1, 0.15) is 32.6 Å². The Bertz CT molecular complexity index is 350. The molecule has 1 saturated carbocycles. The van der Waals surface area contributed by atoms with Crippen LogP contribution in [0.3, 0.4) is 0 Å². The lowest BCUT2D eigenvalue weighted by Crippen LogP contribution is -2.42. The molecule has 2 N–H and O–H groups in total. The molecule has 0 aliphatic heterocycles. The fourth-order valence-corrected chi connectivity index (χ4v) is 2.77. The maximum Gasteiger partial charge on any atom is 0.123 e. The van der Waals surface area contributed by atoms with Crippen LogP contribution in [0, 0.1) is 5.82 Å². The van der Waals surface area contributed by atoms with E-state index in [2.05, 4.69) is 11.8 Å². The van der Waals surface area contributed by atoms with Gasteiger partial charge in [-0.25, -0.2) is 4.39 Å². The second-order valence-corrected chi connectivity index (χ2v) is 4.84. The molecule has 2 rings (SSSR count). The highest BCUT2D eigenvalue weighted by molar-refractivity contribution is 5.47. The van der Waals surface area contributed by atoms with Crippen LogP contribution in [-0.4, -0.2) is 18.6 Å². The van der Waals surface area contributed by atoms with Gasteiger partial charge in [0.2, 0.25) is 0 Å². The average molecular weight is 236 g/mol. The molecule has 1 aliphatic carbocycles. The predicted octanol–water partition coefficient (Wildman–Crippen LogP) is 2.92. The van der Waals surface area contributed by atoms with E-state index in [-0.39, 0.29) is 5.82 Å². The number of anilines is 1. The summed E-state index contributed by atoms with van der Waals surface area (Å²) in [6.45, 7) is 3.09. The number of nitrogens with zero attached hydrogens (tertiary/aromatic N) is 1. The van der Waals surface area contributed by atoms with Crippen molar-refractivity contribution in [2.75, 3.05) is 11.4 Å². The first-order valence-corrected chi connectivity index (χ1v) is 6.48. The Hall–Kier alpha value is -1.09. The van der Waals surface area contributed by atoms with E-state index in [0.717, 1.165) is 25.1 Å². The van der Waals surface area contributed by atoms with Crippen LogP contribution in [-0.2, 0) is 0 Å². The Labute approximate surface area is 103 Å². The number of benzene rings is 1. The van der Waals surface area contributed by atoms with E-state index in [0.29, 0.717) is 12.1 Å². The molecule has 1 fully saturated rings. The number of hydrogen-bond donors (Lipinski definition) is 1. The molecule has 1 aromatic carbocycles. The van der Waals surface area contributed by atoms with Crippen molar-refractivity contribution in [2.45, 2.75) is 44.7 Å². The lowest BCUT2D eigenvalue weighted by atomic mass is 9.90. The van der Waals surface area contributed by atoms with Crippen molar-refractivity contribution in [1.82, 2.24) is 0 Å². The van der Waals surface area contributed by atoms with Crippen LogP contribution >= 0.6 is 0 Å². The zero-order valence-electron chi connectivity index (χ0n) is 10.4. The molecule has 0 amide bonds. The molecule has 1 aliphatic rings. The predicted molar refractivity (Wildman–Crippen MR) is 69.7 cm³/mol. The summed E-state index contributed by atoms with van der Waals surface area (Å²) in [6, 6.07) is 7.61. The minimum absolute atomic E-state index is 0.176. The van der Waals surface area contributed by atoms with Crippen molar-refractivity contribution in [3.63, 3.8) is 0 Å². The largest absolute Gasteiger partial charge is 0.369 e. The summed E-state index contributed by atoms with van der Waals surface area (Å²) in [5, 5.41) is 0. The Morgan fingerprint density at radius 3 is 2.59 bits per heavy atom. The van der Waals surface area contributed by atoms with Gasteiger partial charge in [0, 0.05) is 24.3 Å². The standard InChI is InChI=1S/C14H21FN2/c1-2-17(13-8-6-11(15)7-9-13)14-5-3-4-12(16)10-14/h6-9,12,14H,2-5,10,16H2,1H3. The van der Waals surface area contributed by atoms with Crippen molar-refractivity contribution in [2.24, 2.45) is 5.73 Å². The molecule has 0 bridgehead atoms. The van der Waals surface area contributed by atoms with Gasteiger partial charge in [0.1, 0.15) is 5.82 Å². The molecule has 94 valence electrons. The van der Waals surface area contributed by atoms with Crippen LogP contribution < -0.4 is 10.6 Å². The molecule has 2 atom stereocenters. The third kappa shape index (κ3) is 2.97. The van der Waals surface area contributed by atoms with Crippen LogP contribution in [0.25, 0.3) is 0 Å². The summed E-state index contributed by atoms with van der Waals surface area (Å²) in [6.07, 6.45) is 4.57. The van der Waals surface area contributed by atoms with E-state index < -0.39 is 0 Å². The second-order valence-electron chi connectivity index (χ2n) is 4.84.